The zero-order valence-electron chi connectivity index (χ0n) is 12.5. The average Bonchev–Trinajstić information content (AvgIpc) is 3.00. The van der Waals surface area contributed by atoms with Crippen LogP contribution in [0.25, 0.3) is 0 Å². The van der Waals surface area contributed by atoms with E-state index in [9.17, 15) is 9.59 Å². The summed E-state index contributed by atoms with van der Waals surface area (Å²) in [5.41, 5.74) is 2.05. The predicted molar refractivity (Wildman–Crippen MR) is 81.5 cm³/mol. The highest BCUT2D eigenvalue weighted by molar-refractivity contribution is 7.99. The molecule has 0 radical (unpaired) electrons. The standard InChI is InChI=1S/C13H17N5O3S/c1-4-21-12(20)11-7(2)10(8(3)16-11)9(19)5-22-13-17-15-6-18(13)14/h6,16H,4-5,14H2,1-3H3. The van der Waals surface area contributed by atoms with Gasteiger partial charge in [-0.2, -0.15) is 0 Å². The molecular weight excluding hydrogens is 306 g/mol. The molecule has 0 bridgehead atoms. The molecule has 0 aromatic carbocycles. The summed E-state index contributed by atoms with van der Waals surface area (Å²) >= 11 is 1.19. The first kappa shape index (κ1) is 16.1. The van der Waals surface area contributed by atoms with Gasteiger partial charge in [0.05, 0.1) is 12.4 Å². The van der Waals surface area contributed by atoms with Crippen LogP contribution in [0.3, 0.4) is 0 Å². The molecule has 9 heteroatoms. The maximum atomic E-state index is 12.4. The Morgan fingerprint density at radius 1 is 1.45 bits per heavy atom. The predicted octanol–water partition coefficient (Wildman–Crippen LogP) is 1.09. The van der Waals surface area contributed by atoms with Crippen LogP contribution in [0.5, 0.6) is 0 Å². The van der Waals surface area contributed by atoms with Gasteiger partial charge in [-0.3, -0.25) is 4.79 Å². The number of rotatable bonds is 6. The number of hydrogen-bond acceptors (Lipinski definition) is 7. The number of ether oxygens (including phenoxy) is 1. The number of carbonyl (C=O) groups is 2. The second-order valence-electron chi connectivity index (χ2n) is 4.58. The van der Waals surface area contributed by atoms with Gasteiger partial charge in [0, 0.05) is 11.3 Å². The summed E-state index contributed by atoms with van der Waals surface area (Å²) in [6.07, 6.45) is 1.36. The van der Waals surface area contributed by atoms with Crippen molar-refractivity contribution in [2.45, 2.75) is 25.9 Å². The zero-order valence-corrected chi connectivity index (χ0v) is 13.4. The third kappa shape index (κ3) is 3.14. The van der Waals surface area contributed by atoms with Gasteiger partial charge in [-0.15, -0.1) is 10.2 Å². The Hall–Kier alpha value is -2.29. The Labute approximate surface area is 131 Å². The van der Waals surface area contributed by atoms with E-state index in [0.717, 1.165) is 0 Å². The first-order chi connectivity index (χ1) is 10.5. The number of hydrogen-bond donors (Lipinski definition) is 2. The highest BCUT2D eigenvalue weighted by Gasteiger charge is 2.23. The van der Waals surface area contributed by atoms with Crippen LogP contribution in [0.2, 0.25) is 0 Å². The summed E-state index contributed by atoms with van der Waals surface area (Å²) in [7, 11) is 0. The Morgan fingerprint density at radius 2 is 2.18 bits per heavy atom. The molecule has 3 N–H and O–H groups in total. The Kier molecular flexibility index (Phi) is 4.86. The van der Waals surface area contributed by atoms with Gasteiger partial charge in [0.15, 0.2) is 5.78 Å². The molecule has 2 aromatic heterocycles. The Bertz CT molecular complexity index is 707. The molecule has 0 aliphatic carbocycles. The lowest BCUT2D eigenvalue weighted by molar-refractivity contribution is 0.0519. The largest absolute Gasteiger partial charge is 0.461 e. The SMILES string of the molecule is CCOC(=O)c1[nH]c(C)c(C(=O)CSc2nncn2N)c1C. The zero-order chi connectivity index (χ0) is 16.3. The number of Topliss-reactive ketones (excluding diaryl/α,β-unsaturated/α-hetero) is 1. The monoisotopic (exact) mass is 323 g/mol. The maximum Gasteiger partial charge on any atom is 0.355 e. The molecule has 8 nitrogen and oxygen atoms in total. The number of nitrogens with two attached hydrogens (primary N) is 1. The summed E-state index contributed by atoms with van der Waals surface area (Å²) < 4.78 is 6.22. The quantitative estimate of drug-likeness (QED) is 0.354. The van der Waals surface area contributed by atoms with Gasteiger partial charge >= 0.3 is 5.97 Å². The fraction of sp³-hybridized carbons (Fsp3) is 0.385. The molecule has 2 rings (SSSR count). The molecule has 0 aliphatic heterocycles. The molecule has 0 saturated heterocycles. The van der Waals surface area contributed by atoms with Crippen LogP contribution in [-0.2, 0) is 4.74 Å². The fourth-order valence-electron chi connectivity index (χ4n) is 2.11. The van der Waals surface area contributed by atoms with Gasteiger partial charge in [-0.05, 0) is 26.3 Å². The van der Waals surface area contributed by atoms with Crippen LogP contribution in [0.15, 0.2) is 11.5 Å². The van der Waals surface area contributed by atoms with Crippen LogP contribution >= 0.6 is 11.8 Å². The van der Waals surface area contributed by atoms with Crippen molar-refractivity contribution in [1.29, 1.82) is 0 Å². The lowest BCUT2D eigenvalue weighted by Crippen LogP contribution is -2.11. The average molecular weight is 323 g/mol. The van der Waals surface area contributed by atoms with Crippen LogP contribution in [-0.4, -0.2) is 44.0 Å². The van der Waals surface area contributed by atoms with Gasteiger partial charge in [0.2, 0.25) is 5.16 Å². The van der Waals surface area contributed by atoms with E-state index in [4.69, 9.17) is 10.6 Å². The minimum absolute atomic E-state index is 0.116. The number of nitrogens with zero attached hydrogens (tertiary/aromatic N) is 3. The number of esters is 1. The van der Waals surface area contributed by atoms with Gasteiger partial charge in [-0.25, -0.2) is 9.47 Å². The second-order valence-corrected chi connectivity index (χ2v) is 5.52. The number of aromatic amines is 1. The molecule has 2 heterocycles. The van der Waals surface area contributed by atoms with E-state index in [1.807, 2.05) is 0 Å². The number of carbonyl (C=O) groups excluding carboxylic acids is 2. The Morgan fingerprint density at radius 3 is 2.77 bits per heavy atom. The van der Waals surface area contributed by atoms with Gasteiger partial charge in [-0.1, -0.05) is 11.8 Å². The van der Waals surface area contributed by atoms with Crippen molar-refractivity contribution in [2.24, 2.45) is 0 Å². The van der Waals surface area contributed by atoms with Gasteiger partial charge < -0.3 is 15.6 Å². The topological polar surface area (TPSA) is 116 Å². The summed E-state index contributed by atoms with van der Waals surface area (Å²) in [5.74, 6) is 5.17. The molecule has 2 aromatic rings. The summed E-state index contributed by atoms with van der Waals surface area (Å²) in [4.78, 5) is 27.2. The molecule has 118 valence electrons. The number of aryl methyl sites for hydroxylation is 1. The minimum Gasteiger partial charge on any atom is -0.461 e. The van der Waals surface area contributed by atoms with Crippen LogP contribution < -0.4 is 5.84 Å². The highest BCUT2D eigenvalue weighted by atomic mass is 32.2. The number of nitrogen functional groups attached to an aromatic ring is 1. The van der Waals surface area contributed by atoms with Crippen molar-refractivity contribution in [3.05, 3.63) is 28.8 Å². The second kappa shape index (κ2) is 6.65. The van der Waals surface area contributed by atoms with E-state index < -0.39 is 5.97 Å². The lowest BCUT2D eigenvalue weighted by atomic mass is 10.1. The third-order valence-corrected chi connectivity index (χ3v) is 4.03. The molecular formula is C13H17N5O3S. The number of thioether (sulfide) groups is 1. The van der Waals surface area contributed by atoms with Crippen molar-refractivity contribution < 1.29 is 14.3 Å². The molecule has 0 amide bonds. The van der Waals surface area contributed by atoms with Gasteiger partial charge in [0.1, 0.15) is 12.0 Å². The number of nitrogens with one attached hydrogen (secondary N) is 1. The first-order valence-electron chi connectivity index (χ1n) is 6.63. The smallest absolute Gasteiger partial charge is 0.355 e. The normalized spacial score (nSPS) is 10.7. The molecule has 22 heavy (non-hydrogen) atoms. The van der Waals surface area contributed by atoms with Crippen LogP contribution in [0.1, 0.15) is 39.0 Å². The number of H-pyrrole nitrogens is 1. The van der Waals surface area contributed by atoms with E-state index in [-0.39, 0.29) is 18.1 Å². The lowest BCUT2D eigenvalue weighted by Gasteiger charge is -2.03. The van der Waals surface area contributed by atoms with Crippen molar-refractivity contribution in [1.82, 2.24) is 19.9 Å². The maximum absolute atomic E-state index is 12.4. The van der Waals surface area contributed by atoms with Gasteiger partial charge in [0.25, 0.3) is 0 Å². The van der Waals surface area contributed by atoms with Crippen molar-refractivity contribution >= 4 is 23.5 Å². The van der Waals surface area contributed by atoms with E-state index in [1.54, 1.807) is 20.8 Å². The molecule has 0 aliphatic rings. The first-order valence-corrected chi connectivity index (χ1v) is 7.61. The number of ketones is 1. The van der Waals surface area contributed by atoms with Crippen LogP contribution in [0, 0.1) is 13.8 Å². The summed E-state index contributed by atoms with van der Waals surface area (Å²) in [6.45, 7) is 5.48. The molecule has 0 spiro atoms. The summed E-state index contributed by atoms with van der Waals surface area (Å²) in [6, 6.07) is 0. The van der Waals surface area contributed by atoms with E-state index in [1.165, 1.54) is 22.8 Å². The van der Waals surface area contributed by atoms with E-state index in [2.05, 4.69) is 15.2 Å². The minimum atomic E-state index is -0.462. The summed E-state index contributed by atoms with van der Waals surface area (Å²) in [5, 5.41) is 7.89. The molecule has 0 unspecified atom stereocenters. The molecule has 0 atom stereocenters. The number of aromatic nitrogens is 4. The van der Waals surface area contributed by atoms with Crippen molar-refractivity contribution in [3.63, 3.8) is 0 Å². The molecule has 0 saturated carbocycles. The van der Waals surface area contributed by atoms with E-state index >= 15 is 0 Å². The highest BCUT2D eigenvalue weighted by Crippen LogP contribution is 2.22. The van der Waals surface area contributed by atoms with Crippen LogP contribution in [0.4, 0.5) is 0 Å². The molecule has 0 fully saturated rings. The van der Waals surface area contributed by atoms with Crippen molar-refractivity contribution in [3.8, 4) is 0 Å². The Balaban J connectivity index is 2.16. The van der Waals surface area contributed by atoms with Crippen molar-refractivity contribution in [2.75, 3.05) is 18.2 Å². The fourth-order valence-corrected chi connectivity index (χ4v) is 2.82. The third-order valence-electron chi connectivity index (χ3n) is 3.07. The van der Waals surface area contributed by atoms with E-state index in [0.29, 0.717) is 27.7 Å².